The van der Waals surface area contributed by atoms with Gasteiger partial charge in [-0.05, 0) is 54.8 Å². The maximum atomic E-state index is 8.71. The summed E-state index contributed by atoms with van der Waals surface area (Å²) in [6.45, 7) is 14.1. The Morgan fingerprint density at radius 2 is 1.65 bits per heavy atom. The second-order valence-electron chi connectivity index (χ2n) is 5.18. The fourth-order valence-corrected chi connectivity index (χ4v) is 1.62. The van der Waals surface area contributed by atoms with Gasteiger partial charge in [0.2, 0.25) is 0 Å². The highest BCUT2D eigenvalue weighted by Crippen LogP contribution is 2.21. The van der Waals surface area contributed by atoms with Crippen LogP contribution in [0.2, 0.25) is 0 Å². The Labute approximate surface area is 128 Å². The molecule has 1 aromatic carbocycles. The van der Waals surface area contributed by atoms with Gasteiger partial charge in [0.15, 0.2) is 0 Å². The molecular formula is C18H23NS. The quantitative estimate of drug-likeness (QED) is 0.535. The van der Waals surface area contributed by atoms with Crippen LogP contribution in [0.15, 0.2) is 42.0 Å². The van der Waals surface area contributed by atoms with Gasteiger partial charge in [-0.25, -0.2) is 0 Å². The van der Waals surface area contributed by atoms with Crippen LogP contribution in [0.5, 0.6) is 0 Å². The van der Waals surface area contributed by atoms with Crippen molar-refractivity contribution in [1.82, 2.24) is 0 Å². The number of hydrogen-bond acceptors (Lipinski definition) is 2. The molecule has 0 atom stereocenters. The largest absolute Gasteiger partial charge is 0.192 e. The molecule has 2 heteroatoms. The summed E-state index contributed by atoms with van der Waals surface area (Å²) in [5.74, 6) is 0.466. The maximum Gasteiger partial charge on any atom is 0.0991 e. The van der Waals surface area contributed by atoms with Crippen molar-refractivity contribution in [1.29, 1.82) is 5.26 Å². The van der Waals surface area contributed by atoms with Gasteiger partial charge in [-0.1, -0.05) is 56.4 Å². The standard InChI is InChI=1S/C15H17N.C3H6S/c1-11(2)15(12(3)4)9-13-5-7-14(10-16)8-6-13;1-3(2)4/h5-9,12H,1H2,2-4H3;1-2H3/b15-9-;. The zero-order valence-corrected chi connectivity index (χ0v) is 13.8. The molecule has 1 nitrogen and oxygen atoms in total. The molecule has 0 fully saturated rings. The lowest BCUT2D eigenvalue weighted by Gasteiger charge is -2.11. The fraction of sp³-hybridized carbons (Fsp3) is 0.333. The van der Waals surface area contributed by atoms with Crippen LogP contribution >= 0.6 is 12.2 Å². The second-order valence-corrected chi connectivity index (χ2v) is 5.99. The average Bonchev–Trinajstić information content (AvgIpc) is 2.35. The highest BCUT2D eigenvalue weighted by atomic mass is 32.1. The average molecular weight is 285 g/mol. The minimum absolute atomic E-state index is 0.466. The Morgan fingerprint density at radius 1 is 1.20 bits per heavy atom. The summed E-state index contributed by atoms with van der Waals surface area (Å²) < 4.78 is 0. The number of hydrogen-bond donors (Lipinski definition) is 0. The lowest BCUT2D eigenvalue weighted by atomic mass is 9.95. The SMILES string of the molecule is C=C(C)/C(=C/c1ccc(C#N)cc1)C(C)C.CC(C)=S. The Kier molecular flexibility index (Phi) is 8.43. The van der Waals surface area contributed by atoms with Crippen molar-refractivity contribution in [3.63, 3.8) is 0 Å². The summed E-state index contributed by atoms with van der Waals surface area (Å²) in [5.41, 5.74) is 4.16. The number of nitrogens with zero attached hydrogens (tertiary/aromatic N) is 1. The van der Waals surface area contributed by atoms with Crippen molar-refractivity contribution in [2.45, 2.75) is 34.6 Å². The van der Waals surface area contributed by atoms with Gasteiger partial charge < -0.3 is 0 Å². The summed E-state index contributed by atoms with van der Waals surface area (Å²) in [6, 6.07) is 9.71. The molecular weight excluding hydrogens is 262 g/mol. The Morgan fingerprint density at radius 3 is 1.95 bits per heavy atom. The van der Waals surface area contributed by atoms with Crippen LogP contribution < -0.4 is 0 Å². The van der Waals surface area contributed by atoms with Gasteiger partial charge in [0.1, 0.15) is 0 Å². The maximum absolute atomic E-state index is 8.71. The first-order valence-corrected chi connectivity index (χ1v) is 7.03. The Balaban J connectivity index is 0.000000796. The minimum Gasteiger partial charge on any atom is -0.192 e. The van der Waals surface area contributed by atoms with Crippen LogP contribution in [0.25, 0.3) is 6.08 Å². The van der Waals surface area contributed by atoms with Crippen LogP contribution in [-0.2, 0) is 0 Å². The molecule has 0 aliphatic rings. The van der Waals surface area contributed by atoms with Gasteiger partial charge in [-0.15, -0.1) is 0 Å². The van der Waals surface area contributed by atoms with E-state index in [1.165, 1.54) is 5.57 Å². The first-order valence-electron chi connectivity index (χ1n) is 6.62. The van der Waals surface area contributed by atoms with Gasteiger partial charge in [0.05, 0.1) is 11.6 Å². The van der Waals surface area contributed by atoms with E-state index in [4.69, 9.17) is 5.26 Å². The third-order valence-electron chi connectivity index (χ3n) is 2.48. The summed E-state index contributed by atoms with van der Waals surface area (Å²) in [6.07, 6.45) is 2.13. The van der Waals surface area contributed by atoms with Crippen LogP contribution in [0.4, 0.5) is 0 Å². The van der Waals surface area contributed by atoms with Gasteiger partial charge >= 0.3 is 0 Å². The molecule has 0 saturated heterocycles. The predicted molar refractivity (Wildman–Crippen MR) is 92.7 cm³/mol. The topological polar surface area (TPSA) is 23.8 Å². The molecule has 0 bridgehead atoms. The van der Waals surface area contributed by atoms with Crippen molar-refractivity contribution < 1.29 is 0 Å². The molecule has 106 valence electrons. The molecule has 0 saturated carbocycles. The minimum atomic E-state index is 0.466. The molecule has 0 radical (unpaired) electrons. The van der Waals surface area contributed by atoms with Crippen molar-refractivity contribution >= 4 is 23.2 Å². The number of nitriles is 1. The Bertz CT molecular complexity index is 524. The van der Waals surface area contributed by atoms with E-state index in [0.717, 1.165) is 16.0 Å². The van der Waals surface area contributed by atoms with Crippen molar-refractivity contribution in [3.8, 4) is 6.07 Å². The van der Waals surface area contributed by atoms with Crippen LogP contribution in [-0.4, -0.2) is 4.86 Å². The highest BCUT2D eigenvalue weighted by molar-refractivity contribution is 7.80. The molecule has 0 heterocycles. The number of rotatable bonds is 3. The number of benzene rings is 1. The normalized spacial score (nSPS) is 10.3. The molecule has 0 unspecified atom stereocenters. The molecule has 0 aliphatic carbocycles. The zero-order chi connectivity index (χ0) is 15.7. The highest BCUT2D eigenvalue weighted by Gasteiger charge is 2.03. The number of allylic oxidation sites excluding steroid dienone is 2. The van der Waals surface area contributed by atoms with E-state index in [9.17, 15) is 0 Å². The second kappa shape index (κ2) is 9.23. The zero-order valence-electron chi connectivity index (χ0n) is 13.0. The van der Waals surface area contributed by atoms with Crippen molar-refractivity contribution in [2.24, 2.45) is 5.92 Å². The van der Waals surface area contributed by atoms with E-state index in [0.29, 0.717) is 11.5 Å². The molecule has 20 heavy (non-hydrogen) atoms. The summed E-state index contributed by atoms with van der Waals surface area (Å²) >= 11 is 4.54. The van der Waals surface area contributed by atoms with E-state index in [2.05, 4.69) is 44.8 Å². The Hall–Kier alpha value is -1.72. The summed E-state index contributed by atoms with van der Waals surface area (Å²) in [5, 5.41) is 8.71. The lowest BCUT2D eigenvalue weighted by Crippen LogP contribution is -1.94. The van der Waals surface area contributed by atoms with Crippen molar-refractivity contribution in [3.05, 3.63) is 53.1 Å². The van der Waals surface area contributed by atoms with E-state index in [1.807, 2.05) is 45.0 Å². The molecule has 0 amide bonds. The van der Waals surface area contributed by atoms with E-state index in [1.54, 1.807) is 0 Å². The van der Waals surface area contributed by atoms with Gasteiger partial charge in [0, 0.05) is 0 Å². The van der Waals surface area contributed by atoms with Crippen molar-refractivity contribution in [2.75, 3.05) is 0 Å². The van der Waals surface area contributed by atoms with Gasteiger partial charge in [-0.2, -0.15) is 5.26 Å². The molecule has 1 aromatic rings. The van der Waals surface area contributed by atoms with E-state index < -0.39 is 0 Å². The number of thiocarbonyl (C=S) groups is 1. The van der Waals surface area contributed by atoms with Crippen LogP contribution in [0.1, 0.15) is 45.7 Å². The molecule has 0 spiro atoms. The van der Waals surface area contributed by atoms with Crippen LogP contribution in [0, 0.1) is 17.2 Å². The van der Waals surface area contributed by atoms with Gasteiger partial charge in [0.25, 0.3) is 0 Å². The first kappa shape index (κ1) is 18.3. The first-order chi connectivity index (χ1) is 9.27. The summed E-state index contributed by atoms with van der Waals surface area (Å²) in [4.78, 5) is 1.00. The van der Waals surface area contributed by atoms with E-state index >= 15 is 0 Å². The monoisotopic (exact) mass is 285 g/mol. The summed E-state index contributed by atoms with van der Waals surface area (Å²) in [7, 11) is 0. The smallest absolute Gasteiger partial charge is 0.0991 e. The molecule has 1 rings (SSSR count). The molecule has 0 aliphatic heterocycles. The predicted octanol–water partition coefficient (Wildman–Crippen LogP) is 5.57. The third kappa shape index (κ3) is 7.66. The molecule has 0 N–H and O–H groups in total. The third-order valence-corrected chi connectivity index (χ3v) is 2.48. The van der Waals surface area contributed by atoms with Crippen LogP contribution in [0.3, 0.4) is 0 Å². The molecule has 0 aromatic heterocycles. The van der Waals surface area contributed by atoms with E-state index in [-0.39, 0.29) is 0 Å². The fourth-order valence-electron chi connectivity index (χ4n) is 1.62. The van der Waals surface area contributed by atoms with Gasteiger partial charge in [-0.3, -0.25) is 0 Å². The lowest BCUT2D eigenvalue weighted by molar-refractivity contribution is 0.785.